The number of ketones is 2. The highest BCUT2D eigenvalue weighted by Crippen LogP contribution is 2.25. The van der Waals surface area contributed by atoms with E-state index in [0.29, 0.717) is 0 Å². The molecule has 1 aromatic carbocycles. The molecule has 0 unspecified atom stereocenters. The van der Waals surface area contributed by atoms with Crippen LogP contribution in [0.15, 0.2) is 42.3 Å². The van der Waals surface area contributed by atoms with Crippen LogP contribution in [-0.2, 0) is 4.74 Å². The van der Waals surface area contributed by atoms with Gasteiger partial charge in [0.25, 0.3) is 0 Å². The molecule has 2 heterocycles. The molecular weight excluding hydrogens is 406 g/mol. The number of nitrogens with zero attached hydrogens (tertiary/aromatic N) is 1. The smallest absolute Gasteiger partial charge is 0.192 e. The van der Waals surface area contributed by atoms with Crippen LogP contribution in [0.1, 0.15) is 65.8 Å². The van der Waals surface area contributed by atoms with Gasteiger partial charge < -0.3 is 4.74 Å². The summed E-state index contributed by atoms with van der Waals surface area (Å²) < 4.78 is 5.33. The Balaban J connectivity index is 0.000000225. The lowest BCUT2D eigenvalue weighted by Crippen LogP contribution is -2.54. The molecule has 1 aromatic heterocycles. The predicted molar refractivity (Wildman–Crippen MR) is 130 cm³/mol. The topological polar surface area (TPSA) is 46.6 Å². The van der Waals surface area contributed by atoms with Gasteiger partial charge in [-0.1, -0.05) is 50.3 Å². The monoisotopic (exact) mass is 441 g/mol. The average molecular weight is 442 g/mol. The second kappa shape index (κ2) is 11.0. The normalized spacial score (nSPS) is 14.7. The number of thiophene rings is 1. The standard InChI is InChI=1S/C13H19NO2S.C13H16O/c1-10-8-11(17-9-10)12(15)13(2,3)14-4-6-16-7-5-14;1-9(2)11-5-7-12(8-6-11)13(14)10(3)4/h8-9H,4-7H2,1-3H3;5-8,10H,1H2,2-4H3. The Bertz CT molecular complexity index is 903. The molecule has 0 amide bonds. The molecular formula is C26H35NO3S. The van der Waals surface area contributed by atoms with Crippen LogP contribution in [0.25, 0.3) is 5.57 Å². The summed E-state index contributed by atoms with van der Waals surface area (Å²) in [6.45, 7) is 18.8. The minimum Gasteiger partial charge on any atom is -0.379 e. The number of Topliss-reactive ketones (excluding diaryl/α,β-unsaturated/α-hetero) is 2. The summed E-state index contributed by atoms with van der Waals surface area (Å²) in [7, 11) is 0. The number of morpholine rings is 1. The Morgan fingerprint density at radius 2 is 1.65 bits per heavy atom. The first-order valence-electron chi connectivity index (χ1n) is 10.8. The molecule has 31 heavy (non-hydrogen) atoms. The molecule has 0 bridgehead atoms. The summed E-state index contributed by atoms with van der Waals surface area (Å²) >= 11 is 1.54. The Labute approximate surface area is 190 Å². The van der Waals surface area contributed by atoms with E-state index in [-0.39, 0.29) is 17.5 Å². The minimum absolute atomic E-state index is 0.0608. The minimum atomic E-state index is -0.429. The quantitative estimate of drug-likeness (QED) is 0.523. The molecule has 5 heteroatoms. The van der Waals surface area contributed by atoms with Crippen LogP contribution in [0, 0.1) is 12.8 Å². The van der Waals surface area contributed by atoms with Gasteiger partial charge in [0.05, 0.1) is 23.6 Å². The summed E-state index contributed by atoms with van der Waals surface area (Å²) in [4.78, 5) is 27.2. The zero-order valence-electron chi connectivity index (χ0n) is 19.7. The van der Waals surface area contributed by atoms with Crippen molar-refractivity contribution in [2.24, 2.45) is 5.92 Å². The second-order valence-corrected chi connectivity index (χ2v) is 9.76. The van der Waals surface area contributed by atoms with Crippen LogP contribution in [-0.4, -0.2) is 48.3 Å². The molecule has 0 spiro atoms. The molecule has 0 aliphatic carbocycles. The molecule has 168 valence electrons. The molecule has 1 fully saturated rings. The van der Waals surface area contributed by atoms with Crippen molar-refractivity contribution in [2.45, 2.75) is 47.1 Å². The van der Waals surface area contributed by atoms with Crippen LogP contribution in [0.2, 0.25) is 0 Å². The molecule has 1 aliphatic rings. The van der Waals surface area contributed by atoms with Crippen LogP contribution in [0.5, 0.6) is 0 Å². The first-order chi connectivity index (χ1) is 14.5. The Kier molecular flexibility index (Phi) is 8.92. The van der Waals surface area contributed by atoms with Gasteiger partial charge in [0, 0.05) is 24.6 Å². The SMILES string of the molecule is C=C(C)c1ccc(C(=O)C(C)C)cc1.Cc1csc(C(=O)C(C)(C)N2CCOCC2)c1. The van der Waals surface area contributed by atoms with Crippen molar-refractivity contribution < 1.29 is 14.3 Å². The third kappa shape index (κ3) is 6.70. The fourth-order valence-electron chi connectivity index (χ4n) is 3.37. The Hall–Kier alpha value is -2.08. The third-order valence-electron chi connectivity index (χ3n) is 5.50. The molecule has 1 aliphatic heterocycles. The first-order valence-corrected chi connectivity index (χ1v) is 11.6. The van der Waals surface area contributed by atoms with Crippen LogP contribution < -0.4 is 0 Å². The number of hydrogen-bond acceptors (Lipinski definition) is 5. The third-order valence-corrected chi connectivity index (χ3v) is 6.55. The lowest BCUT2D eigenvalue weighted by atomic mass is 9.94. The van der Waals surface area contributed by atoms with Gasteiger partial charge in [-0.15, -0.1) is 11.3 Å². The Morgan fingerprint density at radius 1 is 1.10 bits per heavy atom. The highest BCUT2D eigenvalue weighted by molar-refractivity contribution is 7.12. The van der Waals surface area contributed by atoms with Crippen molar-refractivity contribution >= 4 is 28.5 Å². The van der Waals surface area contributed by atoms with Crippen molar-refractivity contribution in [2.75, 3.05) is 26.3 Å². The van der Waals surface area contributed by atoms with Gasteiger partial charge in [0.1, 0.15) is 0 Å². The lowest BCUT2D eigenvalue weighted by Gasteiger charge is -2.39. The van der Waals surface area contributed by atoms with Gasteiger partial charge in [-0.05, 0) is 50.3 Å². The van der Waals surface area contributed by atoms with Crippen LogP contribution >= 0.6 is 11.3 Å². The number of rotatable bonds is 6. The fourth-order valence-corrected chi connectivity index (χ4v) is 4.36. The lowest BCUT2D eigenvalue weighted by molar-refractivity contribution is -0.00414. The maximum atomic E-state index is 12.5. The van der Waals surface area contributed by atoms with Gasteiger partial charge in [-0.3, -0.25) is 14.5 Å². The predicted octanol–water partition coefficient (Wildman–Crippen LogP) is 5.91. The van der Waals surface area contributed by atoms with Crippen LogP contribution in [0.3, 0.4) is 0 Å². The van der Waals surface area contributed by atoms with Crippen molar-refractivity contribution in [3.8, 4) is 0 Å². The number of hydrogen-bond donors (Lipinski definition) is 0. The van der Waals surface area contributed by atoms with Gasteiger partial charge in [-0.25, -0.2) is 0 Å². The van der Waals surface area contributed by atoms with Crippen molar-refractivity contribution in [1.82, 2.24) is 4.90 Å². The molecule has 1 saturated heterocycles. The molecule has 4 nitrogen and oxygen atoms in total. The van der Waals surface area contributed by atoms with E-state index in [1.54, 1.807) is 11.3 Å². The van der Waals surface area contributed by atoms with E-state index in [1.165, 1.54) is 0 Å². The number of benzene rings is 1. The van der Waals surface area contributed by atoms with Gasteiger partial charge in [0.2, 0.25) is 0 Å². The van der Waals surface area contributed by atoms with E-state index in [1.807, 2.05) is 77.3 Å². The fraction of sp³-hybridized carbons (Fsp3) is 0.462. The number of ether oxygens (including phenoxy) is 1. The zero-order chi connectivity index (χ0) is 23.2. The van der Waals surface area contributed by atoms with Gasteiger partial charge in [-0.2, -0.15) is 0 Å². The maximum Gasteiger partial charge on any atom is 0.192 e. The van der Waals surface area contributed by atoms with Crippen molar-refractivity contribution in [3.05, 3.63) is 63.9 Å². The molecule has 0 atom stereocenters. The molecule has 2 aromatic rings. The highest BCUT2D eigenvalue weighted by atomic mass is 32.1. The Morgan fingerprint density at radius 3 is 2.10 bits per heavy atom. The van der Waals surface area contributed by atoms with E-state index < -0.39 is 5.54 Å². The second-order valence-electron chi connectivity index (χ2n) is 8.85. The summed E-state index contributed by atoms with van der Waals surface area (Å²) in [5.74, 6) is 0.474. The summed E-state index contributed by atoms with van der Waals surface area (Å²) in [5, 5.41) is 2.03. The first kappa shape index (κ1) is 25.2. The molecule has 0 N–H and O–H groups in total. The molecule has 0 saturated carbocycles. The number of aryl methyl sites for hydroxylation is 1. The number of carbonyl (C=O) groups excluding carboxylic acids is 2. The summed E-state index contributed by atoms with van der Waals surface area (Å²) in [6.07, 6.45) is 0. The van der Waals surface area contributed by atoms with E-state index in [9.17, 15) is 9.59 Å². The molecule has 3 rings (SSSR count). The van der Waals surface area contributed by atoms with E-state index >= 15 is 0 Å². The average Bonchev–Trinajstić information content (AvgIpc) is 3.19. The molecule has 0 radical (unpaired) electrons. The maximum absolute atomic E-state index is 12.5. The van der Waals surface area contributed by atoms with Crippen molar-refractivity contribution in [1.29, 1.82) is 0 Å². The largest absolute Gasteiger partial charge is 0.379 e. The number of allylic oxidation sites excluding steroid dienone is 1. The summed E-state index contributed by atoms with van der Waals surface area (Å²) in [6, 6.07) is 9.60. The van der Waals surface area contributed by atoms with E-state index in [0.717, 1.165) is 53.4 Å². The van der Waals surface area contributed by atoms with E-state index in [2.05, 4.69) is 11.5 Å². The van der Waals surface area contributed by atoms with Crippen LogP contribution in [0.4, 0.5) is 0 Å². The highest BCUT2D eigenvalue weighted by Gasteiger charge is 2.36. The van der Waals surface area contributed by atoms with Crippen molar-refractivity contribution in [3.63, 3.8) is 0 Å². The van der Waals surface area contributed by atoms with Gasteiger partial charge >= 0.3 is 0 Å². The summed E-state index contributed by atoms with van der Waals surface area (Å²) in [5.41, 5.74) is 3.63. The van der Waals surface area contributed by atoms with Gasteiger partial charge in [0.15, 0.2) is 11.6 Å². The number of carbonyl (C=O) groups is 2. The zero-order valence-corrected chi connectivity index (χ0v) is 20.5. The van der Waals surface area contributed by atoms with E-state index in [4.69, 9.17) is 4.74 Å².